The number of hydrogen-bond donors (Lipinski definition) is 1. The van der Waals surface area contributed by atoms with E-state index in [1.165, 1.54) is 36.3 Å². The molecule has 0 aliphatic carbocycles. The lowest BCUT2D eigenvalue weighted by atomic mass is 10.1. The van der Waals surface area contributed by atoms with Gasteiger partial charge in [0, 0.05) is 43.2 Å². The highest BCUT2D eigenvalue weighted by Crippen LogP contribution is 2.31. The van der Waals surface area contributed by atoms with Crippen LogP contribution >= 0.6 is 0 Å². The number of aromatic nitrogens is 4. The molecule has 0 saturated carbocycles. The third-order valence-electron chi connectivity index (χ3n) is 6.33. The third-order valence-corrected chi connectivity index (χ3v) is 7.73. The van der Waals surface area contributed by atoms with Crippen LogP contribution in [0.3, 0.4) is 0 Å². The molecule has 1 N–H and O–H groups in total. The zero-order valence-electron chi connectivity index (χ0n) is 21.6. The summed E-state index contributed by atoms with van der Waals surface area (Å²) in [6.45, 7) is 0.769. The smallest absolute Gasteiger partial charge is 0.264 e. The van der Waals surface area contributed by atoms with Crippen molar-refractivity contribution >= 4 is 26.6 Å². The first-order valence-corrected chi connectivity index (χ1v) is 13.8. The molecule has 0 amide bonds. The van der Waals surface area contributed by atoms with Crippen LogP contribution in [-0.4, -0.2) is 34.6 Å². The lowest BCUT2D eigenvalue weighted by Crippen LogP contribution is -2.23. The monoisotopic (exact) mass is 579 g/mol. The Morgan fingerprint density at radius 1 is 0.927 bits per heavy atom. The van der Waals surface area contributed by atoms with Crippen molar-refractivity contribution in [3.05, 3.63) is 112 Å². The summed E-state index contributed by atoms with van der Waals surface area (Å²) in [7, 11) is -3.18. The number of methoxy groups -OCH3 is 1. The third kappa shape index (κ3) is 5.84. The molecule has 41 heavy (non-hydrogen) atoms. The molecule has 0 aliphatic rings. The molecule has 2 aromatic carbocycles. The number of rotatable bonds is 9. The molecule has 0 atom stereocenters. The van der Waals surface area contributed by atoms with Gasteiger partial charge in [0.2, 0.25) is 11.4 Å². The second-order valence-electron chi connectivity index (χ2n) is 9.02. The molecule has 5 rings (SSSR count). The molecule has 0 radical (unpaired) electrons. The summed E-state index contributed by atoms with van der Waals surface area (Å²) in [5.74, 6) is -2.25. The topological polar surface area (TPSA) is 125 Å². The standard InChI is InChI=1S/C28H23F2N5O5S/c1-40-27-24(33-41(38,39)25-9-7-20(29)15-22(25)30)14-19(16-31-27)18-6-8-23-21(13-18)28(37)35(17-32-23)12-4-11-34-10-3-2-5-26(34)36/h2-3,5-10,13-17,33H,4,11-12H2,1H3. The molecular formula is C28H23F2N5O5S. The minimum Gasteiger partial charge on any atom is -0.480 e. The second-order valence-corrected chi connectivity index (χ2v) is 10.7. The van der Waals surface area contributed by atoms with Crippen molar-refractivity contribution in [1.82, 2.24) is 19.1 Å². The molecule has 10 nitrogen and oxygen atoms in total. The maximum Gasteiger partial charge on any atom is 0.264 e. The minimum atomic E-state index is -4.47. The molecule has 13 heteroatoms. The van der Waals surface area contributed by atoms with Crippen molar-refractivity contribution in [2.24, 2.45) is 0 Å². The summed E-state index contributed by atoms with van der Waals surface area (Å²) in [6, 6.07) is 13.4. The van der Waals surface area contributed by atoms with E-state index in [1.54, 1.807) is 41.1 Å². The quantitative estimate of drug-likeness (QED) is 0.282. The first-order valence-electron chi connectivity index (χ1n) is 12.3. The Morgan fingerprint density at radius 2 is 1.73 bits per heavy atom. The summed E-state index contributed by atoms with van der Waals surface area (Å²) in [4.78, 5) is 32.9. The normalized spacial score (nSPS) is 11.5. The predicted molar refractivity (Wildman–Crippen MR) is 148 cm³/mol. The molecule has 3 heterocycles. The van der Waals surface area contributed by atoms with Gasteiger partial charge in [-0.1, -0.05) is 12.1 Å². The number of nitrogens with one attached hydrogen (secondary N) is 1. The highest BCUT2D eigenvalue weighted by atomic mass is 32.2. The number of sulfonamides is 1. The zero-order valence-corrected chi connectivity index (χ0v) is 22.4. The maximum atomic E-state index is 14.2. The Bertz CT molecular complexity index is 1990. The van der Waals surface area contributed by atoms with E-state index in [0.29, 0.717) is 47.6 Å². The highest BCUT2D eigenvalue weighted by molar-refractivity contribution is 7.92. The Balaban J connectivity index is 1.44. The van der Waals surface area contributed by atoms with E-state index < -0.39 is 26.6 Å². The first-order chi connectivity index (χ1) is 19.7. The zero-order chi connectivity index (χ0) is 29.1. The molecule has 0 bridgehead atoms. The summed E-state index contributed by atoms with van der Waals surface area (Å²) in [6.07, 6.45) is 5.10. The van der Waals surface area contributed by atoms with Crippen LogP contribution in [0.4, 0.5) is 14.5 Å². The second kappa shape index (κ2) is 11.3. The van der Waals surface area contributed by atoms with Crippen molar-refractivity contribution in [2.75, 3.05) is 11.8 Å². The van der Waals surface area contributed by atoms with Gasteiger partial charge in [-0.15, -0.1) is 0 Å². The lowest BCUT2D eigenvalue weighted by molar-refractivity contribution is 0.400. The fourth-order valence-corrected chi connectivity index (χ4v) is 5.40. The molecule has 5 aromatic rings. The largest absolute Gasteiger partial charge is 0.480 e. The van der Waals surface area contributed by atoms with Crippen molar-refractivity contribution in [1.29, 1.82) is 0 Å². The van der Waals surface area contributed by atoms with Crippen LogP contribution in [0.15, 0.2) is 93.9 Å². The number of nitrogens with zero attached hydrogens (tertiary/aromatic N) is 4. The van der Waals surface area contributed by atoms with Crippen LogP contribution < -0.4 is 20.6 Å². The van der Waals surface area contributed by atoms with E-state index in [2.05, 4.69) is 14.7 Å². The molecule has 3 aromatic heterocycles. The molecule has 210 valence electrons. The van der Waals surface area contributed by atoms with Crippen LogP contribution in [0.1, 0.15) is 6.42 Å². The molecular weight excluding hydrogens is 556 g/mol. The van der Waals surface area contributed by atoms with Gasteiger partial charge >= 0.3 is 0 Å². The Labute approximate surface area is 232 Å². The van der Waals surface area contributed by atoms with Crippen molar-refractivity contribution in [2.45, 2.75) is 24.4 Å². The molecule has 0 saturated heterocycles. The van der Waals surface area contributed by atoms with Gasteiger partial charge in [-0.25, -0.2) is 27.2 Å². The molecule has 0 aliphatic heterocycles. The van der Waals surface area contributed by atoms with E-state index in [4.69, 9.17) is 4.74 Å². The Hall–Kier alpha value is -4.91. The van der Waals surface area contributed by atoms with E-state index in [1.807, 2.05) is 0 Å². The van der Waals surface area contributed by atoms with Crippen LogP contribution in [-0.2, 0) is 23.1 Å². The number of halogens is 2. The fraction of sp³-hybridized carbons (Fsp3) is 0.143. The van der Waals surface area contributed by atoms with Gasteiger partial charge < -0.3 is 9.30 Å². The average Bonchev–Trinajstić information content (AvgIpc) is 2.94. The number of fused-ring (bicyclic) bond motifs is 1. The predicted octanol–water partition coefficient (Wildman–Crippen LogP) is 3.80. The van der Waals surface area contributed by atoms with Crippen LogP contribution in [0, 0.1) is 11.6 Å². The average molecular weight is 580 g/mol. The van der Waals surface area contributed by atoms with Crippen LogP contribution in [0.5, 0.6) is 5.88 Å². The Kier molecular flexibility index (Phi) is 7.62. The van der Waals surface area contributed by atoms with E-state index in [0.717, 1.165) is 12.1 Å². The van der Waals surface area contributed by atoms with Gasteiger partial charge in [0.1, 0.15) is 22.2 Å². The van der Waals surface area contributed by atoms with Gasteiger partial charge in [-0.2, -0.15) is 0 Å². The van der Waals surface area contributed by atoms with Gasteiger partial charge in [-0.05, 0) is 48.4 Å². The van der Waals surface area contributed by atoms with Crippen LogP contribution in [0.2, 0.25) is 0 Å². The molecule has 0 unspecified atom stereocenters. The van der Waals surface area contributed by atoms with Gasteiger partial charge in [0.05, 0.1) is 24.3 Å². The summed E-state index contributed by atoms with van der Waals surface area (Å²) in [5, 5.41) is 0.327. The molecule has 0 fully saturated rings. The Morgan fingerprint density at radius 3 is 2.49 bits per heavy atom. The summed E-state index contributed by atoms with van der Waals surface area (Å²) in [5.41, 5.74) is 0.930. The number of benzene rings is 2. The van der Waals surface area contributed by atoms with E-state index in [9.17, 15) is 26.8 Å². The van der Waals surface area contributed by atoms with E-state index >= 15 is 0 Å². The molecule has 0 spiro atoms. The van der Waals surface area contributed by atoms with Crippen molar-refractivity contribution in [3.8, 4) is 17.0 Å². The van der Waals surface area contributed by atoms with Gasteiger partial charge in [0.15, 0.2) is 0 Å². The SMILES string of the molecule is COc1ncc(-c2ccc3ncn(CCCn4ccccc4=O)c(=O)c3c2)cc1NS(=O)(=O)c1ccc(F)cc1F. The number of aryl methyl sites for hydroxylation is 2. The van der Waals surface area contributed by atoms with Gasteiger partial charge in [0.25, 0.3) is 15.6 Å². The van der Waals surface area contributed by atoms with E-state index in [-0.39, 0.29) is 22.7 Å². The van der Waals surface area contributed by atoms with Crippen molar-refractivity contribution in [3.63, 3.8) is 0 Å². The number of pyridine rings is 2. The summed E-state index contributed by atoms with van der Waals surface area (Å²) < 4.78 is 63.7. The van der Waals surface area contributed by atoms with Crippen LogP contribution in [0.25, 0.3) is 22.0 Å². The minimum absolute atomic E-state index is 0.0813. The highest BCUT2D eigenvalue weighted by Gasteiger charge is 2.22. The summed E-state index contributed by atoms with van der Waals surface area (Å²) >= 11 is 0. The van der Waals surface area contributed by atoms with Gasteiger partial charge in [-0.3, -0.25) is 18.9 Å². The fourth-order valence-electron chi connectivity index (χ4n) is 4.29. The lowest BCUT2D eigenvalue weighted by Gasteiger charge is -2.13. The number of hydrogen-bond acceptors (Lipinski definition) is 7. The number of ether oxygens (including phenoxy) is 1. The number of anilines is 1. The van der Waals surface area contributed by atoms with Crippen molar-refractivity contribution < 1.29 is 21.9 Å². The maximum absolute atomic E-state index is 14.2. The first kappa shape index (κ1) is 27.6.